The minimum absolute atomic E-state index is 0.255. The van der Waals surface area contributed by atoms with Crippen molar-refractivity contribution in [2.24, 2.45) is 0 Å². The molecule has 42 valence electrons. The van der Waals surface area contributed by atoms with Crippen molar-refractivity contribution in [2.45, 2.75) is 26.1 Å². The van der Waals surface area contributed by atoms with E-state index in [0.717, 1.165) is 12.3 Å². The molecule has 1 fully saturated rings. The first-order valence-corrected chi connectivity index (χ1v) is 2.96. The van der Waals surface area contributed by atoms with E-state index in [1.807, 2.05) is 13.8 Å². The van der Waals surface area contributed by atoms with E-state index in [2.05, 4.69) is 0 Å². The van der Waals surface area contributed by atoms with E-state index in [1.165, 1.54) is 0 Å². The van der Waals surface area contributed by atoms with Gasteiger partial charge in [-0.3, -0.25) is 8.37 Å². The van der Waals surface area contributed by atoms with Gasteiger partial charge in [0.25, 0.3) is 0 Å². The van der Waals surface area contributed by atoms with E-state index in [0.29, 0.717) is 0 Å². The Kier molecular flexibility index (Phi) is 1.57. The van der Waals surface area contributed by atoms with Crippen molar-refractivity contribution in [3.05, 3.63) is 0 Å². The molecule has 0 radical (unpaired) electrons. The molecule has 0 spiro atoms. The third-order valence-electron chi connectivity index (χ3n) is 1.04. The van der Waals surface area contributed by atoms with Crippen molar-refractivity contribution >= 4 is 12.3 Å². The van der Waals surface area contributed by atoms with Crippen LogP contribution in [0.1, 0.15) is 13.8 Å². The molecule has 0 unspecified atom stereocenters. The Morgan fingerprint density at radius 1 is 1.14 bits per heavy atom. The van der Waals surface area contributed by atoms with Gasteiger partial charge in [-0.25, -0.2) is 0 Å². The Morgan fingerprint density at radius 2 is 1.57 bits per heavy atom. The first kappa shape index (κ1) is 5.41. The molecule has 0 saturated carbocycles. The summed E-state index contributed by atoms with van der Waals surface area (Å²) in [6, 6.07) is 0. The molecule has 1 saturated heterocycles. The summed E-state index contributed by atoms with van der Waals surface area (Å²) in [7, 11) is 0. The Morgan fingerprint density at radius 3 is 1.71 bits per heavy atom. The predicted octanol–water partition coefficient (Wildman–Crippen LogP) is 1.37. The highest BCUT2D eigenvalue weighted by atomic mass is 32.2. The van der Waals surface area contributed by atoms with Gasteiger partial charge >= 0.3 is 0 Å². The van der Waals surface area contributed by atoms with Gasteiger partial charge in [-0.1, -0.05) is 0 Å². The Balaban J connectivity index is 2.33. The zero-order valence-electron chi connectivity index (χ0n) is 4.38. The molecule has 2 atom stereocenters. The molecule has 3 heteroatoms. The second kappa shape index (κ2) is 2.03. The molecule has 1 aliphatic heterocycles. The molecule has 1 rings (SSSR count). The van der Waals surface area contributed by atoms with E-state index in [4.69, 9.17) is 8.37 Å². The van der Waals surface area contributed by atoms with Crippen molar-refractivity contribution in [3.63, 3.8) is 0 Å². The highest BCUT2D eigenvalue weighted by Gasteiger charge is 2.21. The van der Waals surface area contributed by atoms with Gasteiger partial charge in [0.1, 0.15) is 0 Å². The first-order chi connectivity index (χ1) is 3.30. The van der Waals surface area contributed by atoms with Crippen LogP contribution >= 0.6 is 12.3 Å². The SMILES string of the molecule is C[C@@H]1OSO[C@@H]1C. The van der Waals surface area contributed by atoms with E-state index < -0.39 is 0 Å². The lowest BCUT2D eigenvalue weighted by molar-refractivity contribution is 0.187. The smallest absolute Gasteiger partial charge is 0.159 e. The molecular formula is C4H8O2S. The largest absolute Gasteiger partial charge is 0.286 e. The van der Waals surface area contributed by atoms with E-state index in [-0.39, 0.29) is 12.2 Å². The molecule has 0 aromatic rings. The van der Waals surface area contributed by atoms with Crippen LogP contribution in [0.25, 0.3) is 0 Å². The molecule has 0 amide bonds. The molecule has 0 aromatic carbocycles. The first-order valence-electron chi connectivity index (χ1n) is 2.29. The number of hydrogen-bond acceptors (Lipinski definition) is 3. The van der Waals surface area contributed by atoms with Crippen molar-refractivity contribution in [3.8, 4) is 0 Å². The van der Waals surface area contributed by atoms with E-state index in [1.54, 1.807) is 0 Å². The topological polar surface area (TPSA) is 18.5 Å². The fourth-order valence-electron chi connectivity index (χ4n) is 0.303. The molecular weight excluding hydrogens is 112 g/mol. The van der Waals surface area contributed by atoms with Gasteiger partial charge in [0, 0.05) is 0 Å². The summed E-state index contributed by atoms with van der Waals surface area (Å²) in [4.78, 5) is 0. The molecule has 0 N–H and O–H groups in total. The average Bonchev–Trinajstić information content (AvgIpc) is 1.91. The van der Waals surface area contributed by atoms with Crippen LogP contribution in [0, 0.1) is 0 Å². The highest BCUT2D eigenvalue weighted by molar-refractivity contribution is 7.90. The van der Waals surface area contributed by atoms with Crippen LogP contribution in [0.15, 0.2) is 0 Å². The van der Waals surface area contributed by atoms with Gasteiger partial charge < -0.3 is 0 Å². The lowest BCUT2D eigenvalue weighted by Crippen LogP contribution is -2.13. The van der Waals surface area contributed by atoms with Gasteiger partial charge in [-0.15, -0.1) is 0 Å². The molecule has 0 bridgehead atoms. The van der Waals surface area contributed by atoms with Crippen LogP contribution in [0.2, 0.25) is 0 Å². The zero-order valence-corrected chi connectivity index (χ0v) is 5.20. The highest BCUT2D eigenvalue weighted by Crippen LogP contribution is 2.24. The Hall–Kier alpha value is 0.270. The lowest BCUT2D eigenvalue weighted by Gasteiger charge is -1.99. The van der Waals surface area contributed by atoms with Crippen LogP contribution in [-0.2, 0) is 8.37 Å². The van der Waals surface area contributed by atoms with E-state index >= 15 is 0 Å². The predicted molar refractivity (Wildman–Crippen MR) is 28.7 cm³/mol. The summed E-state index contributed by atoms with van der Waals surface area (Å²) < 4.78 is 9.92. The third kappa shape index (κ3) is 1.08. The van der Waals surface area contributed by atoms with Gasteiger partial charge in [0.05, 0.1) is 12.2 Å². The molecule has 0 aromatic heterocycles. The van der Waals surface area contributed by atoms with Crippen molar-refractivity contribution in [1.82, 2.24) is 0 Å². The molecule has 1 aliphatic rings. The third-order valence-corrected chi connectivity index (χ3v) is 1.81. The average molecular weight is 120 g/mol. The summed E-state index contributed by atoms with van der Waals surface area (Å²) in [6.45, 7) is 3.98. The quantitative estimate of drug-likeness (QED) is 0.450. The summed E-state index contributed by atoms with van der Waals surface area (Å²) in [5.74, 6) is 0. The van der Waals surface area contributed by atoms with Crippen molar-refractivity contribution in [2.75, 3.05) is 0 Å². The van der Waals surface area contributed by atoms with Gasteiger partial charge in [0.2, 0.25) is 0 Å². The molecule has 1 heterocycles. The second-order valence-electron chi connectivity index (χ2n) is 1.67. The minimum Gasteiger partial charge on any atom is -0.286 e. The summed E-state index contributed by atoms with van der Waals surface area (Å²) in [5.41, 5.74) is 0. The standard InChI is InChI=1S/C4H8O2S/c1-3-4(2)6-7-5-3/h3-4H,1-2H3/t3-,4+. The maximum absolute atomic E-state index is 4.96. The zero-order chi connectivity index (χ0) is 5.28. The maximum Gasteiger partial charge on any atom is 0.159 e. The van der Waals surface area contributed by atoms with Gasteiger partial charge in [-0.2, -0.15) is 0 Å². The Bertz CT molecular complexity index is 58.7. The minimum atomic E-state index is 0.255. The monoisotopic (exact) mass is 120 g/mol. The second-order valence-corrected chi connectivity index (χ2v) is 2.19. The maximum atomic E-state index is 4.96. The number of hydrogen-bond donors (Lipinski definition) is 0. The summed E-state index contributed by atoms with van der Waals surface area (Å²) in [6.07, 6.45) is 0.509. The van der Waals surface area contributed by atoms with Gasteiger partial charge in [0.15, 0.2) is 12.3 Å². The lowest BCUT2D eigenvalue weighted by atomic mass is 10.3. The molecule has 0 aliphatic carbocycles. The van der Waals surface area contributed by atoms with Gasteiger partial charge in [-0.05, 0) is 13.8 Å². The van der Waals surface area contributed by atoms with Crippen LogP contribution in [-0.4, -0.2) is 12.2 Å². The van der Waals surface area contributed by atoms with Crippen molar-refractivity contribution < 1.29 is 8.37 Å². The number of rotatable bonds is 0. The van der Waals surface area contributed by atoms with E-state index in [9.17, 15) is 0 Å². The normalized spacial score (nSPS) is 42.0. The van der Waals surface area contributed by atoms with Crippen molar-refractivity contribution in [1.29, 1.82) is 0 Å². The summed E-state index contributed by atoms with van der Waals surface area (Å²) >= 11 is 1.09. The van der Waals surface area contributed by atoms with Crippen LogP contribution in [0.3, 0.4) is 0 Å². The molecule has 2 nitrogen and oxygen atoms in total. The van der Waals surface area contributed by atoms with Crippen LogP contribution in [0.5, 0.6) is 0 Å². The fourth-order valence-corrected chi connectivity index (χ4v) is 0.909. The van der Waals surface area contributed by atoms with Crippen LogP contribution < -0.4 is 0 Å². The summed E-state index contributed by atoms with van der Waals surface area (Å²) in [5, 5.41) is 0. The fraction of sp³-hybridized carbons (Fsp3) is 1.00. The van der Waals surface area contributed by atoms with Crippen LogP contribution in [0.4, 0.5) is 0 Å². The Labute approximate surface area is 47.6 Å². The molecule has 7 heavy (non-hydrogen) atoms.